The average molecular weight is 434 g/mol. The molecule has 0 bridgehead atoms. The highest BCUT2D eigenvalue weighted by molar-refractivity contribution is 7.19. The lowest BCUT2D eigenvalue weighted by Gasteiger charge is -2.18. The number of aromatic nitrogens is 2. The van der Waals surface area contributed by atoms with E-state index in [1.807, 2.05) is 61.5 Å². The maximum absolute atomic E-state index is 13.3. The van der Waals surface area contributed by atoms with Crippen molar-refractivity contribution in [1.29, 1.82) is 0 Å². The lowest BCUT2D eigenvalue weighted by molar-refractivity contribution is -0.131. The summed E-state index contributed by atoms with van der Waals surface area (Å²) in [5.74, 6) is 0.574. The molecule has 2 aromatic carbocycles. The summed E-state index contributed by atoms with van der Waals surface area (Å²) in [5.41, 5.74) is 2.63. The fourth-order valence-electron chi connectivity index (χ4n) is 3.60. The molecule has 0 aliphatic carbocycles. The highest BCUT2D eigenvalue weighted by atomic mass is 32.1. The van der Waals surface area contributed by atoms with Crippen LogP contribution in [0, 0.1) is 6.92 Å². The SMILES string of the molecule is COc1cccc(CN(C)C(=O)Cn2cnc3sc(C)c(-c4ccccc4)c3c2=O)c1. The van der Waals surface area contributed by atoms with Crippen molar-refractivity contribution in [2.75, 3.05) is 14.2 Å². The van der Waals surface area contributed by atoms with Crippen molar-refractivity contribution >= 4 is 27.5 Å². The largest absolute Gasteiger partial charge is 0.497 e. The molecule has 6 nitrogen and oxygen atoms in total. The second kappa shape index (κ2) is 8.73. The summed E-state index contributed by atoms with van der Waals surface area (Å²) in [6, 6.07) is 17.4. The number of nitrogens with zero attached hydrogens (tertiary/aromatic N) is 3. The zero-order valence-electron chi connectivity index (χ0n) is 17.7. The van der Waals surface area contributed by atoms with Crippen LogP contribution in [0.25, 0.3) is 21.3 Å². The highest BCUT2D eigenvalue weighted by Gasteiger charge is 2.18. The number of amides is 1. The summed E-state index contributed by atoms with van der Waals surface area (Å²) in [6.45, 7) is 2.35. The van der Waals surface area contributed by atoms with Gasteiger partial charge in [-0.15, -0.1) is 11.3 Å². The second-order valence-electron chi connectivity index (χ2n) is 7.36. The lowest BCUT2D eigenvalue weighted by Crippen LogP contribution is -2.33. The van der Waals surface area contributed by atoms with Crippen LogP contribution in [0.15, 0.2) is 65.7 Å². The number of methoxy groups -OCH3 is 1. The topological polar surface area (TPSA) is 64.4 Å². The standard InChI is InChI=1S/C24H23N3O3S/c1-16-21(18-9-5-4-6-10-18)22-23(31-16)25-15-27(24(22)29)14-20(28)26(2)13-17-8-7-11-19(12-17)30-3/h4-12,15H,13-14H2,1-3H3. The first-order valence-electron chi connectivity index (χ1n) is 9.88. The molecule has 0 spiro atoms. The van der Waals surface area contributed by atoms with E-state index in [9.17, 15) is 9.59 Å². The normalized spacial score (nSPS) is 10.9. The number of fused-ring (bicyclic) bond motifs is 1. The molecule has 0 aliphatic rings. The Hall–Kier alpha value is -3.45. The van der Waals surface area contributed by atoms with Crippen molar-refractivity contribution in [1.82, 2.24) is 14.5 Å². The van der Waals surface area contributed by atoms with Gasteiger partial charge in [0.15, 0.2) is 0 Å². The van der Waals surface area contributed by atoms with E-state index in [2.05, 4.69) is 4.98 Å². The van der Waals surface area contributed by atoms with E-state index in [0.717, 1.165) is 27.3 Å². The first-order chi connectivity index (χ1) is 15.0. The number of benzene rings is 2. The molecule has 2 heterocycles. The Morgan fingerprint density at radius 1 is 1.16 bits per heavy atom. The van der Waals surface area contributed by atoms with Crippen LogP contribution in [0.4, 0.5) is 0 Å². The molecule has 1 amide bonds. The first-order valence-corrected chi connectivity index (χ1v) is 10.7. The number of hydrogen-bond acceptors (Lipinski definition) is 5. The third-order valence-corrected chi connectivity index (χ3v) is 6.22. The Kier molecular flexibility index (Phi) is 5.86. The summed E-state index contributed by atoms with van der Waals surface area (Å²) in [4.78, 5) is 33.9. The van der Waals surface area contributed by atoms with Crippen LogP contribution < -0.4 is 10.3 Å². The molecular formula is C24H23N3O3S. The van der Waals surface area contributed by atoms with Gasteiger partial charge in [-0.25, -0.2) is 4.98 Å². The Labute approximate surface area is 184 Å². The van der Waals surface area contributed by atoms with E-state index in [4.69, 9.17) is 4.74 Å². The van der Waals surface area contributed by atoms with Crippen molar-refractivity contribution in [3.05, 3.63) is 81.7 Å². The van der Waals surface area contributed by atoms with Crippen LogP contribution in [0.3, 0.4) is 0 Å². The minimum Gasteiger partial charge on any atom is -0.497 e. The minimum atomic E-state index is -0.198. The van der Waals surface area contributed by atoms with E-state index >= 15 is 0 Å². The van der Waals surface area contributed by atoms with E-state index in [1.54, 1.807) is 19.1 Å². The van der Waals surface area contributed by atoms with Gasteiger partial charge in [-0.1, -0.05) is 42.5 Å². The van der Waals surface area contributed by atoms with Crippen molar-refractivity contribution < 1.29 is 9.53 Å². The molecule has 0 saturated heterocycles. The maximum atomic E-state index is 13.3. The number of rotatable bonds is 6. The molecule has 0 aliphatic heterocycles. The molecule has 158 valence electrons. The number of carbonyl (C=O) groups is 1. The van der Waals surface area contributed by atoms with Gasteiger partial charge in [0.1, 0.15) is 17.1 Å². The average Bonchev–Trinajstić information content (AvgIpc) is 3.13. The van der Waals surface area contributed by atoms with Gasteiger partial charge in [-0.2, -0.15) is 0 Å². The monoisotopic (exact) mass is 433 g/mol. The van der Waals surface area contributed by atoms with Gasteiger partial charge in [-0.05, 0) is 30.2 Å². The number of aryl methyl sites for hydroxylation is 1. The van der Waals surface area contributed by atoms with E-state index < -0.39 is 0 Å². The first kappa shape index (κ1) is 20.8. The van der Waals surface area contributed by atoms with Crippen LogP contribution >= 0.6 is 11.3 Å². The van der Waals surface area contributed by atoms with Gasteiger partial charge >= 0.3 is 0 Å². The molecule has 0 N–H and O–H groups in total. The van der Waals surface area contributed by atoms with Crippen molar-refractivity contribution in [2.24, 2.45) is 0 Å². The highest BCUT2D eigenvalue weighted by Crippen LogP contribution is 2.35. The Balaban J connectivity index is 1.62. The molecule has 2 aromatic heterocycles. The maximum Gasteiger partial charge on any atom is 0.263 e. The summed E-state index contributed by atoms with van der Waals surface area (Å²) >= 11 is 1.50. The second-order valence-corrected chi connectivity index (χ2v) is 8.56. The predicted molar refractivity (Wildman–Crippen MR) is 124 cm³/mol. The third-order valence-electron chi connectivity index (χ3n) is 5.20. The van der Waals surface area contributed by atoms with Gasteiger partial charge in [0, 0.05) is 24.0 Å². The zero-order valence-corrected chi connectivity index (χ0v) is 18.5. The number of ether oxygens (including phenoxy) is 1. The van der Waals surface area contributed by atoms with Gasteiger partial charge in [0.25, 0.3) is 5.56 Å². The number of likely N-dealkylation sites (N-methyl/N-ethyl adjacent to an activating group) is 1. The van der Waals surface area contributed by atoms with E-state index in [-0.39, 0.29) is 18.0 Å². The molecule has 4 rings (SSSR count). The number of carbonyl (C=O) groups excluding carboxylic acids is 1. The van der Waals surface area contributed by atoms with Crippen LogP contribution in [0.5, 0.6) is 5.75 Å². The lowest BCUT2D eigenvalue weighted by atomic mass is 10.0. The zero-order chi connectivity index (χ0) is 22.0. The van der Waals surface area contributed by atoms with Gasteiger partial charge < -0.3 is 9.64 Å². The summed E-state index contributed by atoms with van der Waals surface area (Å²) < 4.78 is 6.64. The molecule has 0 radical (unpaired) electrons. The van der Waals surface area contributed by atoms with E-state index in [1.165, 1.54) is 22.2 Å². The molecule has 31 heavy (non-hydrogen) atoms. The predicted octanol–water partition coefficient (Wildman–Crippen LogP) is 4.10. The molecule has 0 unspecified atom stereocenters. The molecule has 0 saturated carbocycles. The smallest absolute Gasteiger partial charge is 0.263 e. The molecule has 4 aromatic rings. The molecule has 0 atom stereocenters. The summed E-state index contributed by atoms with van der Waals surface area (Å²) in [6.07, 6.45) is 1.46. The Morgan fingerprint density at radius 2 is 1.94 bits per heavy atom. The fourth-order valence-corrected chi connectivity index (χ4v) is 4.61. The van der Waals surface area contributed by atoms with Crippen LogP contribution in [-0.4, -0.2) is 34.5 Å². The van der Waals surface area contributed by atoms with Crippen LogP contribution in [0.1, 0.15) is 10.4 Å². The van der Waals surface area contributed by atoms with Gasteiger partial charge in [0.2, 0.25) is 5.91 Å². The summed E-state index contributed by atoms with van der Waals surface area (Å²) in [5, 5.41) is 0.569. The van der Waals surface area contributed by atoms with Crippen molar-refractivity contribution in [3.63, 3.8) is 0 Å². The number of hydrogen-bond donors (Lipinski definition) is 0. The van der Waals surface area contributed by atoms with Crippen LogP contribution in [0.2, 0.25) is 0 Å². The van der Waals surface area contributed by atoms with Gasteiger partial charge in [-0.3, -0.25) is 14.2 Å². The minimum absolute atomic E-state index is 0.0641. The van der Waals surface area contributed by atoms with E-state index in [0.29, 0.717) is 16.8 Å². The van der Waals surface area contributed by atoms with Crippen molar-refractivity contribution in [3.8, 4) is 16.9 Å². The summed E-state index contributed by atoms with van der Waals surface area (Å²) in [7, 11) is 3.34. The third kappa shape index (κ3) is 4.22. The molecular weight excluding hydrogens is 410 g/mol. The van der Waals surface area contributed by atoms with Crippen LogP contribution in [-0.2, 0) is 17.9 Å². The Bertz CT molecular complexity index is 1290. The van der Waals surface area contributed by atoms with Gasteiger partial charge in [0.05, 0.1) is 18.8 Å². The molecule has 0 fully saturated rings. The fraction of sp³-hybridized carbons (Fsp3) is 0.208. The Morgan fingerprint density at radius 3 is 2.68 bits per heavy atom. The quantitative estimate of drug-likeness (QED) is 0.459. The van der Waals surface area contributed by atoms with Crippen molar-refractivity contribution in [2.45, 2.75) is 20.0 Å². The molecule has 7 heteroatoms. The number of thiophene rings is 1.